The predicted molar refractivity (Wildman–Crippen MR) is 83.8 cm³/mol. The van der Waals surface area contributed by atoms with Crippen LogP contribution >= 0.6 is 0 Å². The molecule has 0 saturated carbocycles. The van der Waals surface area contributed by atoms with Gasteiger partial charge in [-0.05, 0) is 38.8 Å². The van der Waals surface area contributed by atoms with Gasteiger partial charge in [0.1, 0.15) is 5.76 Å². The van der Waals surface area contributed by atoms with E-state index in [0.717, 1.165) is 31.6 Å². The summed E-state index contributed by atoms with van der Waals surface area (Å²) in [4.78, 5) is 18.8. The van der Waals surface area contributed by atoms with Crippen LogP contribution in [0.5, 0.6) is 0 Å². The Labute approximate surface area is 129 Å². The van der Waals surface area contributed by atoms with Gasteiger partial charge in [0.25, 0.3) is 0 Å². The van der Waals surface area contributed by atoms with Crippen molar-refractivity contribution in [2.24, 2.45) is 5.92 Å². The highest BCUT2D eigenvalue weighted by Gasteiger charge is 2.25. The standard InChI is InChI=1S/C16H20N4O2/c1-11-9-14(3-6-17-11)20-7-4-13(5-8-20)16(21)18-15-10-12(2)22-19-15/h3,6,9-10,13H,4-5,7-8H2,1-2H3,(H,18,19,21). The summed E-state index contributed by atoms with van der Waals surface area (Å²) in [6.45, 7) is 5.54. The number of nitrogens with one attached hydrogen (secondary N) is 1. The quantitative estimate of drug-likeness (QED) is 0.943. The molecule has 1 fully saturated rings. The first-order chi connectivity index (χ1) is 10.6. The molecule has 116 valence electrons. The summed E-state index contributed by atoms with van der Waals surface area (Å²) < 4.78 is 4.96. The number of anilines is 2. The van der Waals surface area contributed by atoms with Crippen LogP contribution in [0.15, 0.2) is 28.9 Å². The highest BCUT2D eigenvalue weighted by Crippen LogP contribution is 2.24. The predicted octanol–water partition coefficient (Wildman–Crippen LogP) is 2.54. The SMILES string of the molecule is Cc1cc(N2CCC(C(=O)Nc3cc(C)on3)CC2)ccn1. The molecular formula is C16H20N4O2. The second-order valence-corrected chi connectivity index (χ2v) is 5.73. The number of carbonyl (C=O) groups excluding carboxylic acids is 1. The van der Waals surface area contributed by atoms with Gasteiger partial charge in [0, 0.05) is 42.7 Å². The molecule has 0 unspecified atom stereocenters. The Morgan fingerprint density at radius 3 is 2.73 bits per heavy atom. The van der Waals surface area contributed by atoms with E-state index in [0.29, 0.717) is 11.6 Å². The zero-order valence-corrected chi connectivity index (χ0v) is 12.9. The van der Waals surface area contributed by atoms with Crippen LogP contribution in [-0.4, -0.2) is 29.1 Å². The molecule has 0 spiro atoms. The lowest BCUT2D eigenvalue weighted by Crippen LogP contribution is -2.38. The fraction of sp³-hybridized carbons (Fsp3) is 0.438. The molecule has 0 aliphatic carbocycles. The second kappa shape index (κ2) is 6.17. The summed E-state index contributed by atoms with van der Waals surface area (Å²) >= 11 is 0. The van der Waals surface area contributed by atoms with Crippen LogP contribution in [0.25, 0.3) is 0 Å². The van der Waals surface area contributed by atoms with E-state index in [9.17, 15) is 4.79 Å². The number of hydrogen-bond acceptors (Lipinski definition) is 5. The molecule has 1 aliphatic rings. The van der Waals surface area contributed by atoms with Gasteiger partial charge in [-0.2, -0.15) is 0 Å². The van der Waals surface area contributed by atoms with Crippen molar-refractivity contribution < 1.29 is 9.32 Å². The summed E-state index contributed by atoms with van der Waals surface area (Å²) in [7, 11) is 0. The summed E-state index contributed by atoms with van der Waals surface area (Å²) in [5, 5.41) is 6.62. The van der Waals surface area contributed by atoms with Gasteiger partial charge in [0.05, 0.1) is 0 Å². The molecule has 3 rings (SSSR count). The molecule has 1 N–H and O–H groups in total. The number of hydrogen-bond donors (Lipinski definition) is 1. The van der Waals surface area contributed by atoms with Crippen LogP contribution in [0.2, 0.25) is 0 Å². The van der Waals surface area contributed by atoms with E-state index < -0.39 is 0 Å². The third-order valence-electron chi connectivity index (χ3n) is 3.99. The van der Waals surface area contributed by atoms with Crippen molar-refractivity contribution in [2.75, 3.05) is 23.3 Å². The summed E-state index contributed by atoms with van der Waals surface area (Å²) in [5.41, 5.74) is 2.19. The minimum absolute atomic E-state index is 0.0243. The normalized spacial score (nSPS) is 15.8. The topological polar surface area (TPSA) is 71.3 Å². The van der Waals surface area contributed by atoms with Gasteiger partial charge in [-0.1, -0.05) is 5.16 Å². The highest BCUT2D eigenvalue weighted by molar-refractivity contribution is 5.91. The van der Waals surface area contributed by atoms with Crippen molar-refractivity contribution in [1.82, 2.24) is 10.1 Å². The van der Waals surface area contributed by atoms with Crippen LogP contribution in [0, 0.1) is 19.8 Å². The van der Waals surface area contributed by atoms with Crippen molar-refractivity contribution in [2.45, 2.75) is 26.7 Å². The minimum atomic E-state index is 0.0243. The van der Waals surface area contributed by atoms with Gasteiger partial charge in [0.2, 0.25) is 5.91 Å². The van der Waals surface area contributed by atoms with Crippen LogP contribution < -0.4 is 10.2 Å². The Hall–Kier alpha value is -2.37. The van der Waals surface area contributed by atoms with E-state index in [1.807, 2.05) is 19.2 Å². The Balaban J connectivity index is 1.56. The molecule has 6 nitrogen and oxygen atoms in total. The lowest BCUT2D eigenvalue weighted by atomic mass is 9.95. The third-order valence-corrected chi connectivity index (χ3v) is 3.99. The number of pyridine rings is 1. The molecule has 1 saturated heterocycles. The molecule has 1 aliphatic heterocycles. The van der Waals surface area contributed by atoms with Gasteiger partial charge in [-0.3, -0.25) is 9.78 Å². The Morgan fingerprint density at radius 2 is 2.09 bits per heavy atom. The molecule has 2 aromatic rings. The van der Waals surface area contributed by atoms with Crippen molar-refractivity contribution in [1.29, 1.82) is 0 Å². The third kappa shape index (κ3) is 3.27. The molecule has 22 heavy (non-hydrogen) atoms. The monoisotopic (exact) mass is 300 g/mol. The Bertz CT molecular complexity index is 660. The molecule has 1 amide bonds. The van der Waals surface area contributed by atoms with E-state index in [1.54, 1.807) is 13.0 Å². The number of piperidine rings is 1. The van der Waals surface area contributed by atoms with Gasteiger partial charge < -0.3 is 14.7 Å². The number of aromatic nitrogens is 2. The molecule has 0 aromatic carbocycles. The zero-order valence-electron chi connectivity index (χ0n) is 12.9. The molecule has 2 aromatic heterocycles. The van der Waals surface area contributed by atoms with E-state index in [-0.39, 0.29) is 11.8 Å². The van der Waals surface area contributed by atoms with Crippen LogP contribution in [0.1, 0.15) is 24.3 Å². The molecule has 0 radical (unpaired) electrons. The number of carbonyl (C=O) groups is 1. The van der Waals surface area contributed by atoms with Crippen molar-refractivity contribution in [3.8, 4) is 0 Å². The van der Waals surface area contributed by atoms with E-state index in [1.165, 1.54) is 5.69 Å². The Kier molecular flexibility index (Phi) is 4.09. The van der Waals surface area contributed by atoms with Crippen LogP contribution in [0.4, 0.5) is 11.5 Å². The maximum atomic E-state index is 12.3. The molecular weight excluding hydrogens is 280 g/mol. The fourth-order valence-corrected chi connectivity index (χ4v) is 2.78. The molecule has 6 heteroatoms. The fourth-order valence-electron chi connectivity index (χ4n) is 2.78. The average Bonchev–Trinajstić information content (AvgIpc) is 2.92. The zero-order chi connectivity index (χ0) is 15.5. The number of amides is 1. The van der Waals surface area contributed by atoms with Gasteiger partial charge in [-0.25, -0.2) is 0 Å². The van der Waals surface area contributed by atoms with Crippen LogP contribution in [-0.2, 0) is 4.79 Å². The van der Waals surface area contributed by atoms with Gasteiger partial charge in [-0.15, -0.1) is 0 Å². The first-order valence-electron chi connectivity index (χ1n) is 7.53. The first kappa shape index (κ1) is 14.6. The van der Waals surface area contributed by atoms with Crippen molar-refractivity contribution in [3.63, 3.8) is 0 Å². The maximum Gasteiger partial charge on any atom is 0.228 e. The second-order valence-electron chi connectivity index (χ2n) is 5.73. The number of aryl methyl sites for hydroxylation is 2. The van der Waals surface area contributed by atoms with Crippen molar-refractivity contribution in [3.05, 3.63) is 35.9 Å². The molecule has 0 bridgehead atoms. The van der Waals surface area contributed by atoms with E-state index >= 15 is 0 Å². The van der Waals surface area contributed by atoms with Gasteiger partial charge >= 0.3 is 0 Å². The molecule has 3 heterocycles. The maximum absolute atomic E-state index is 12.3. The molecule has 0 atom stereocenters. The summed E-state index contributed by atoms with van der Waals surface area (Å²) in [6.07, 6.45) is 3.50. The highest BCUT2D eigenvalue weighted by atomic mass is 16.5. The summed E-state index contributed by atoms with van der Waals surface area (Å²) in [6, 6.07) is 5.83. The summed E-state index contributed by atoms with van der Waals surface area (Å²) in [5.74, 6) is 1.24. The lowest BCUT2D eigenvalue weighted by Gasteiger charge is -2.32. The lowest BCUT2D eigenvalue weighted by molar-refractivity contribution is -0.120. The van der Waals surface area contributed by atoms with Crippen LogP contribution in [0.3, 0.4) is 0 Å². The average molecular weight is 300 g/mol. The Morgan fingerprint density at radius 1 is 1.32 bits per heavy atom. The number of nitrogens with zero attached hydrogens (tertiary/aromatic N) is 3. The van der Waals surface area contributed by atoms with E-state index in [4.69, 9.17) is 4.52 Å². The number of rotatable bonds is 3. The minimum Gasteiger partial charge on any atom is -0.371 e. The van der Waals surface area contributed by atoms with E-state index in [2.05, 4.69) is 26.4 Å². The first-order valence-corrected chi connectivity index (χ1v) is 7.53. The smallest absolute Gasteiger partial charge is 0.228 e. The van der Waals surface area contributed by atoms with Crippen molar-refractivity contribution >= 4 is 17.4 Å². The van der Waals surface area contributed by atoms with Gasteiger partial charge in [0.15, 0.2) is 5.82 Å². The largest absolute Gasteiger partial charge is 0.371 e.